The number of aliphatic hydroxyl groups excluding tert-OH is 1. The van der Waals surface area contributed by atoms with Gasteiger partial charge in [0, 0.05) is 12.4 Å². The summed E-state index contributed by atoms with van der Waals surface area (Å²) in [5.74, 6) is 0.684. The molecule has 2 rings (SSSR count). The van der Waals surface area contributed by atoms with Crippen molar-refractivity contribution < 1.29 is 9.63 Å². The molecule has 0 spiro atoms. The fourth-order valence-corrected chi connectivity index (χ4v) is 1.63. The molecule has 0 saturated carbocycles. The highest BCUT2D eigenvalue weighted by Gasteiger charge is 2.22. The quantitative estimate of drug-likeness (QED) is 0.860. The van der Waals surface area contributed by atoms with E-state index in [1.54, 1.807) is 25.5 Å². The topological polar surface area (TPSA) is 84.9 Å². The second-order valence-corrected chi connectivity index (χ2v) is 3.80. The van der Waals surface area contributed by atoms with E-state index in [1.807, 2.05) is 6.92 Å². The fourth-order valence-electron chi connectivity index (χ4n) is 1.63. The lowest BCUT2D eigenvalue weighted by molar-refractivity contribution is 0.141. The zero-order chi connectivity index (χ0) is 12.3. The Balaban J connectivity index is 2.27. The number of nitrogens with zero attached hydrogens (tertiary/aromatic N) is 4. The van der Waals surface area contributed by atoms with E-state index in [-0.39, 0.29) is 5.92 Å². The standard InChI is InChI=1S/C11H14N4O2/c1-3-8(7(2)16)11-14-10(15-17-11)9-6-12-4-5-13-9/h4-8,16H,3H2,1-2H3. The molecule has 0 aliphatic carbocycles. The Kier molecular flexibility index (Phi) is 3.43. The van der Waals surface area contributed by atoms with Crippen LogP contribution in [0.4, 0.5) is 0 Å². The van der Waals surface area contributed by atoms with E-state index in [0.29, 0.717) is 17.4 Å². The molecule has 0 amide bonds. The molecule has 2 aromatic rings. The first-order valence-corrected chi connectivity index (χ1v) is 5.50. The number of hydrogen-bond donors (Lipinski definition) is 1. The van der Waals surface area contributed by atoms with Gasteiger partial charge in [0.1, 0.15) is 5.69 Å². The Hall–Kier alpha value is -1.82. The minimum absolute atomic E-state index is 0.145. The van der Waals surface area contributed by atoms with Gasteiger partial charge in [-0.1, -0.05) is 12.1 Å². The third-order valence-electron chi connectivity index (χ3n) is 2.57. The fraction of sp³-hybridized carbons (Fsp3) is 0.455. The molecule has 0 aromatic carbocycles. The summed E-state index contributed by atoms with van der Waals surface area (Å²) in [4.78, 5) is 12.3. The molecule has 2 aromatic heterocycles. The van der Waals surface area contributed by atoms with E-state index < -0.39 is 6.10 Å². The van der Waals surface area contributed by atoms with Crippen LogP contribution in [0.15, 0.2) is 23.1 Å². The smallest absolute Gasteiger partial charge is 0.232 e. The van der Waals surface area contributed by atoms with Gasteiger partial charge in [0.2, 0.25) is 11.7 Å². The monoisotopic (exact) mass is 234 g/mol. The molecule has 0 aliphatic rings. The average Bonchev–Trinajstić information content (AvgIpc) is 2.80. The molecule has 1 N–H and O–H groups in total. The molecule has 0 bridgehead atoms. The first-order chi connectivity index (χ1) is 8.22. The summed E-state index contributed by atoms with van der Waals surface area (Å²) in [7, 11) is 0. The van der Waals surface area contributed by atoms with Crippen LogP contribution in [0.3, 0.4) is 0 Å². The molecular weight excluding hydrogens is 220 g/mol. The Bertz CT molecular complexity index is 469. The number of aliphatic hydroxyl groups is 1. The summed E-state index contributed by atoms with van der Waals surface area (Å²) < 4.78 is 5.14. The molecule has 2 atom stereocenters. The lowest BCUT2D eigenvalue weighted by atomic mass is 10.0. The van der Waals surface area contributed by atoms with E-state index in [2.05, 4.69) is 20.1 Å². The van der Waals surface area contributed by atoms with Crippen molar-refractivity contribution in [3.63, 3.8) is 0 Å². The van der Waals surface area contributed by atoms with Crippen LogP contribution in [0.25, 0.3) is 11.5 Å². The van der Waals surface area contributed by atoms with E-state index in [1.165, 1.54) is 0 Å². The maximum atomic E-state index is 9.59. The lowest BCUT2D eigenvalue weighted by Crippen LogP contribution is -2.14. The SMILES string of the molecule is CCC(c1nc(-c2cnccn2)no1)C(C)O. The van der Waals surface area contributed by atoms with Crippen LogP contribution in [0.2, 0.25) is 0 Å². The molecule has 17 heavy (non-hydrogen) atoms. The molecule has 0 fully saturated rings. The summed E-state index contributed by atoms with van der Waals surface area (Å²) in [5, 5.41) is 13.4. The van der Waals surface area contributed by atoms with E-state index in [9.17, 15) is 5.11 Å². The second-order valence-electron chi connectivity index (χ2n) is 3.80. The van der Waals surface area contributed by atoms with E-state index in [4.69, 9.17) is 4.52 Å². The van der Waals surface area contributed by atoms with Gasteiger partial charge in [0.15, 0.2) is 0 Å². The van der Waals surface area contributed by atoms with Gasteiger partial charge >= 0.3 is 0 Å². The summed E-state index contributed by atoms with van der Waals surface area (Å²) in [6.45, 7) is 3.67. The van der Waals surface area contributed by atoms with Gasteiger partial charge in [-0.3, -0.25) is 4.98 Å². The molecule has 2 heterocycles. The van der Waals surface area contributed by atoms with Crippen LogP contribution < -0.4 is 0 Å². The van der Waals surface area contributed by atoms with Gasteiger partial charge in [0.05, 0.1) is 18.2 Å². The highest BCUT2D eigenvalue weighted by atomic mass is 16.5. The Labute approximate surface area is 98.7 Å². The van der Waals surface area contributed by atoms with Crippen molar-refractivity contribution in [1.29, 1.82) is 0 Å². The van der Waals surface area contributed by atoms with Crippen molar-refractivity contribution in [3.05, 3.63) is 24.5 Å². The van der Waals surface area contributed by atoms with Crippen molar-refractivity contribution in [2.24, 2.45) is 0 Å². The minimum Gasteiger partial charge on any atom is -0.393 e. The number of rotatable bonds is 4. The maximum Gasteiger partial charge on any atom is 0.232 e. The molecule has 6 nitrogen and oxygen atoms in total. The zero-order valence-corrected chi connectivity index (χ0v) is 9.74. The first-order valence-electron chi connectivity index (χ1n) is 5.50. The van der Waals surface area contributed by atoms with Crippen LogP contribution in [-0.4, -0.2) is 31.3 Å². The second kappa shape index (κ2) is 5.01. The predicted octanol–water partition coefficient (Wildman–Crippen LogP) is 1.40. The first kappa shape index (κ1) is 11.7. The molecule has 0 radical (unpaired) electrons. The third kappa shape index (κ3) is 2.47. The van der Waals surface area contributed by atoms with Crippen LogP contribution in [0.5, 0.6) is 0 Å². The van der Waals surface area contributed by atoms with E-state index in [0.717, 1.165) is 6.42 Å². The molecule has 90 valence electrons. The van der Waals surface area contributed by atoms with Crippen molar-refractivity contribution in [2.75, 3.05) is 0 Å². The van der Waals surface area contributed by atoms with Crippen LogP contribution in [-0.2, 0) is 0 Å². The summed E-state index contributed by atoms with van der Waals surface area (Å²) in [6.07, 6.45) is 4.93. The molecular formula is C11H14N4O2. The van der Waals surface area contributed by atoms with Gasteiger partial charge in [-0.25, -0.2) is 4.98 Å². The Morgan fingerprint density at radius 1 is 1.41 bits per heavy atom. The zero-order valence-electron chi connectivity index (χ0n) is 9.74. The van der Waals surface area contributed by atoms with Gasteiger partial charge in [-0.15, -0.1) is 0 Å². The van der Waals surface area contributed by atoms with Crippen LogP contribution >= 0.6 is 0 Å². The number of hydrogen-bond acceptors (Lipinski definition) is 6. The Morgan fingerprint density at radius 3 is 2.82 bits per heavy atom. The summed E-state index contributed by atoms with van der Waals surface area (Å²) in [5.41, 5.74) is 0.558. The molecule has 0 saturated heterocycles. The Morgan fingerprint density at radius 2 is 2.24 bits per heavy atom. The van der Waals surface area contributed by atoms with Gasteiger partial charge in [-0.05, 0) is 13.3 Å². The van der Waals surface area contributed by atoms with Gasteiger partial charge in [0.25, 0.3) is 0 Å². The highest BCUT2D eigenvalue weighted by molar-refractivity contribution is 5.45. The lowest BCUT2D eigenvalue weighted by Gasteiger charge is -2.12. The maximum absolute atomic E-state index is 9.59. The molecule has 2 unspecified atom stereocenters. The van der Waals surface area contributed by atoms with Crippen LogP contribution in [0.1, 0.15) is 32.1 Å². The third-order valence-corrected chi connectivity index (χ3v) is 2.57. The molecule has 0 aliphatic heterocycles. The van der Waals surface area contributed by atoms with Gasteiger partial charge in [-0.2, -0.15) is 4.98 Å². The normalized spacial score (nSPS) is 14.5. The van der Waals surface area contributed by atoms with Crippen molar-refractivity contribution in [2.45, 2.75) is 32.3 Å². The van der Waals surface area contributed by atoms with E-state index >= 15 is 0 Å². The average molecular weight is 234 g/mol. The highest BCUT2D eigenvalue weighted by Crippen LogP contribution is 2.23. The predicted molar refractivity (Wildman–Crippen MR) is 60.0 cm³/mol. The van der Waals surface area contributed by atoms with Crippen molar-refractivity contribution in [3.8, 4) is 11.5 Å². The van der Waals surface area contributed by atoms with Crippen molar-refractivity contribution >= 4 is 0 Å². The van der Waals surface area contributed by atoms with Crippen LogP contribution in [0, 0.1) is 0 Å². The largest absolute Gasteiger partial charge is 0.393 e. The van der Waals surface area contributed by atoms with Gasteiger partial charge < -0.3 is 9.63 Å². The van der Waals surface area contributed by atoms with Crippen molar-refractivity contribution in [1.82, 2.24) is 20.1 Å². The molecule has 6 heteroatoms. The minimum atomic E-state index is -0.518. The summed E-state index contributed by atoms with van der Waals surface area (Å²) in [6, 6.07) is 0. The number of aromatic nitrogens is 4. The summed E-state index contributed by atoms with van der Waals surface area (Å²) >= 11 is 0.